The summed E-state index contributed by atoms with van der Waals surface area (Å²) in [7, 11) is 0. The fourth-order valence-electron chi connectivity index (χ4n) is 2.85. The summed E-state index contributed by atoms with van der Waals surface area (Å²) in [5.74, 6) is 0. The van der Waals surface area contributed by atoms with Gasteiger partial charge in [0, 0.05) is 37.7 Å². The minimum atomic E-state index is 0.796. The van der Waals surface area contributed by atoms with Gasteiger partial charge >= 0.3 is 0 Å². The van der Waals surface area contributed by atoms with E-state index in [2.05, 4.69) is 58.3 Å². The summed E-state index contributed by atoms with van der Waals surface area (Å²) < 4.78 is 0. The lowest BCUT2D eigenvalue weighted by Crippen LogP contribution is -2.43. The molecule has 0 aliphatic carbocycles. The van der Waals surface area contributed by atoms with Gasteiger partial charge in [0.1, 0.15) is 0 Å². The van der Waals surface area contributed by atoms with E-state index in [0.29, 0.717) is 0 Å². The van der Waals surface area contributed by atoms with Crippen LogP contribution in [0.4, 0.5) is 0 Å². The Kier molecular flexibility index (Phi) is 5.89. The highest BCUT2D eigenvalue weighted by Crippen LogP contribution is 2.13. The Bertz CT molecular complexity index is 656. The average Bonchev–Trinajstić information content (AvgIpc) is 2.63. The van der Waals surface area contributed by atoms with Crippen LogP contribution in [0.5, 0.6) is 0 Å². The van der Waals surface area contributed by atoms with Crippen molar-refractivity contribution in [2.75, 3.05) is 26.2 Å². The number of rotatable bonds is 5. The number of halogens is 1. The summed E-state index contributed by atoms with van der Waals surface area (Å²) in [5, 5.41) is 7.58. The Morgan fingerprint density at radius 3 is 2.17 bits per heavy atom. The summed E-state index contributed by atoms with van der Waals surface area (Å²) in [4.78, 5) is 2.46. The largest absolute Gasteiger partial charge is 0.295 e. The van der Waals surface area contributed by atoms with Crippen LogP contribution in [0.25, 0.3) is 0 Å². The maximum atomic E-state index is 5.94. The van der Waals surface area contributed by atoms with Crippen LogP contribution in [-0.2, 0) is 13.0 Å². The predicted molar refractivity (Wildman–Crippen MR) is 102 cm³/mol. The first-order valence-corrected chi connectivity index (χ1v) is 8.95. The molecule has 1 saturated heterocycles. The average molecular weight is 342 g/mol. The SMILES string of the molecule is CCc1ccc(/C=N\N2CCN(Cc3ccc(Cl)cc3)CC2)cc1. The zero-order valence-corrected chi connectivity index (χ0v) is 14.9. The van der Waals surface area contributed by atoms with Crippen LogP contribution in [0.2, 0.25) is 5.02 Å². The molecule has 0 spiro atoms. The number of aryl methyl sites for hydroxylation is 1. The monoisotopic (exact) mass is 341 g/mol. The highest BCUT2D eigenvalue weighted by molar-refractivity contribution is 6.30. The second-order valence-corrected chi connectivity index (χ2v) is 6.63. The molecule has 1 aliphatic rings. The highest BCUT2D eigenvalue weighted by atomic mass is 35.5. The molecule has 126 valence electrons. The van der Waals surface area contributed by atoms with Gasteiger partial charge in [-0.15, -0.1) is 0 Å². The van der Waals surface area contributed by atoms with Gasteiger partial charge in [-0.25, -0.2) is 0 Å². The number of hydrogen-bond acceptors (Lipinski definition) is 3. The molecule has 0 bridgehead atoms. The van der Waals surface area contributed by atoms with Gasteiger partial charge in [-0.05, 0) is 35.2 Å². The van der Waals surface area contributed by atoms with Crippen molar-refractivity contribution in [3.05, 3.63) is 70.2 Å². The molecule has 0 saturated carbocycles. The standard InChI is InChI=1S/C20H24ClN3/c1-2-17-3-5-18(6-4-17)15-22-24-13-11-23(12-14-24)16-19-7-9-20(21)10-8-19/h3-10,15H,2,11-14,16H2,1H3/b22-15-. The van der Waals surface area contributed by atoms with Crippen molar-refractivity contribution in [3.8, 4) is 0 Å². The van der Waals surface area contributed by atoms with Gasteiger partial charge in [0.25, 0.3) is 0 Å². The molecule has 0 unspecified atom stereocenters. The molecular formula is C20H24ClN3. The van der Waals surface area contributed by atoms with E-state index in [0.717, 1.165) is 49.7 Å². The zero-order chi connectivity index (χ0) is 16.8. The van der Waals surface area contributed by atoms with Gasteiger partial charge in [0.05, 0.1) is 6.21 Å². The van der Waals surface area contributed by atoms with Crippen LogP contribution in [0.3, 0.4) is 0 Å². The zero-order valence-electron chi connectivity index (χ0n) is 14.2. The van der Waals surface area contributed by atoms with Crippen LogP contribution >= 0.6 is 11.6 Å². The van der Waals surface area contributed by atoms with E-state index in [-0.39, 0.29) is 0 Å². The van der Waals surface area contributed by atoms with Gasteiger partial charge in [-0.2, -0.15) is 5.10 Å². The topological polar surface area (TPSA) is 18.8 Å². The molecule has 4 heteroatoms. The fourth-order valence-corrected chi connectivity index (χ4v) is 2.97. The highest BCUT2D eigenvalue weighted by Gasteiger charge is 2.15. The Labute approximate surface area is 149 Å². The molecule has 3 rings (SSSR count). The van der Waals surface area contributed by atoms with Crippen molar-refractivity contribution in [2.45, 2.75) is 19.9 Å². The van der Waals surface area contributed by atoms with E-state index < -0.39 is 0 Å². The second-order valence-electron chi connectivity index (χ2n) is 6.20. The van der Waals surface area contributed by atoms with Gasteiger partial charge in [-0.3, -0.25) is 9.91 Å². The van der Waals surface area contributed by atoms with E-state index in [1.165, 1.54) is 11.1 Å². The quantitative estimate of drug-likeness (QED) is 0.764. The van der Waals surface area contributed by atoms with E-state index in [1.807, 2.05) is 18.3 Å². The van der Waals surface area contributed by atoms with E-state index in [9.17, 15) is 0 Å². The maximum Gasteiger partial charge on any atom is 0.0542 e. The predicted octanol–water partition coefficient (Wildman–Crippen LogP) is 4.05. The summed E-state index contributed by atoms with van der Waals surface area (Å²) in [6.07, 6.45) is 3.04. The first-order valence-electron chi connectivity index (χ1n) is 8.57. The number of hydrazone groups is 1. The van der Waals surface area contributed by atoms with Crippen LogP contribution < -0.4 is 0 Å². The fraction of sp³-hybridized carbons (Fsp3) is 0.350. The normalized spacial score (nSPS) is 16.0. The number of hydrogen-bond donors (Lipinski definition) is 0. The minimum absolute atomic E-state index is 0.796. The first-order chi connectivity index (χ1) is 11.7. The molecule has 0 radical (unpaired) electrons. The Morgan fingerprint density at radius 2 is 1.54 bits per heavy atom. The van der Waals surface area contributed by atoms with Crippen molar-refractivity contribution in [3.63, 3.8) is 0 Å². The van der Waals surface area contributed by atoms with Crippen molar-refractivity contribution in [1.29, 1.82) is 0 Å². The Morgan fingerprint density at radius 1 is 0.917 bits per heavy atom. The third-order valence-corrected chi connectivity index (χ3v) is 4.68. The number of benzene rings is 2. The Hall–Kier alpha value is -1.84. The molecule has 0 amide bonds. The van der Waals surface area contributed by atoms with Crippen LogP contribution in [-0.4, -0.2) is 42.3 Å². The molecule has 3 nitrogen and oxygen atoms in total. The van der Waals surface area contributed by atoms with Crippen molar-refractivity contribution in [1.82, 2.24) is 9.91 Å². The summed E-state index contributed by atoms with van der Waals surface area (Å²) in [5.41, 5.74) is 3.84. The van der Waals surface area contributed by atoms with Gasteiger partial charge in [-0.1, -0.05) is 54.9 Å². The third kappa shape index (κ3) is 4.83. The molecule has 1 fully saturated rings. The van der Waals surface area contributed by atoms with Crippen molar-refractivity contribution < 1.29 is 0 Å². The summed E-state index contributed by atoms with van der Waals surface area (Å²) >= 11 is 5.94. The molecule has 1 heterocycles. The van der Waals surface area contributed by atoms with Crippen LogP contribution in [0.1, 0.15) is 23.6 Å². The minimum Gasteiger partial charge on any atom is -0.295 e. The maximum absolute atomic E-state index is 5.94. The molecule has 2 aromatic rings. The summed E-state index contributed by atoms with van der Waals surface area (Å²) in [6, 6.07) is 16.7. The van der Waals surface area contributed by atoms with E-state index in [4.69, 9.17) is 11.6 Å². The first kappa shape index (κ1) is 17.0. The lowest BCUT2D eigenvalue weighted by molar-refractivity contribution is 0.131. The van der Waals surface area contributed by atoms with Gasteiger partial charge in [0.2, 0.25) is 0 Å². The molecule has 0 aromatic heterocycles. The number of nitrogens with zero attached hydrogens (tertiary/aromatic N) is 3. The third-order valence-electron chi connectivity index (χ3n) is 4.43. The van der Waals surface area contributed by atoms with E-state index in [1.54, 1.807) is 0 Å². The van der Waals surface area contributed by atoms with Crippen LogP contribution in [0.15, 0.2) is 53.6 Å². The molecular weight excluding hydrogens is 318 g/mol. The lowest BCUT2D eigenvalue weighted by atomic mass is 10.1. The molecule has 2 aromatic carbocycles. The van der Waals surface area contributed by atoms with Crippen molar-refractivity contribution in [2.24, 2.45) is 5.10 Å². The second kappa shape index (κ2) is 8.32. The van der Waals surface area contributed by atoms with E-state index >= 15 is 0 Å². The van der Waals surface area contributed by atoms with Gasteiger partial charge < -0.3 is 0 Å². The Balaban J connectivity index is 1.47. The molecule has 24 heavy (non-hydrogen) atoms. The lowest BCUT2D eigenvalue weighted by Gasteiger charge is -2.33. The van der Waals surface area contributed by atoms with Crippen LogP contribution in [0, 0.1) is 0 Å². The van der Waals surface area contributed by atoms with Gasteiger partial charge in [0.15, 0.2) is 0 Å². The molecule has 1 aliphatic heterocycles. The smallest absolute Gasteiger partial charge is 0.0542 e. The van der Waals surface area contributed by atoms with Crippen molar-refractivity contribution >= 4 is 17.8 Å². The molecule has 0 atom stereocenters. The number of piperazine rings is 1. The molecule has 0 N–H and O–H groups in total. The summed E-state index contributed by atoms with van der Waals surface area (Å²) in [6.45, 7) is 7.16.